The SMILES string of the molecule is CCN(CC(O)COc1ccccc1C(=O)Nc1ccc(C)cc1)C12CC3CC(CC(C3)C1)C2. The van der Waals surface area contributed by atoms with Crippen LogP contribution in [-0.2, 0) is 0 Å². The number of carbonyl (C=O) groups is 1. The smallest absolute Gasteiger partial charge is 0.259 e. The fourth-order valence-electron chi connectivity index (χ4n) is 7.22. The van der Waals surface area contributed by atoms with Crippen molar-refractivity contribution in [1.82, 2.24) is 4.90 Å². The van der Waals surface area contributed by atoms with Crippen molar-refractivity contribution in [2.24, 2.45) is 17.8 Å². The summed E-state index contributed by atoms with van der Waals surface area (Å²) in [6, 6.07) is 15.0. The average molecular weight is 463 g/mol. The minimum absolute atomic E-state index is 0.178. The Bertz CT molecular complexity index is 967. The zero-order chi connectivity index (χ0) is 23.7. The molecule has 4 aliphatic carbocycles. The van der Waals surface area contributed by atoms with Crippen LogP contribution in [0.1, 0.15) is 61.4 Å². The number of ether oxygens (including phenoxy) is 1. The number of hydrogen-bond donors (Lipinski definition) is 2. The molecule has 0 saturated heterocycles. The van der Waals surface area contributed by atoms with Crippen LogP contribution in [-0.4, -0.2) is 47.3 Å². The summed E-state index contributed by atoms with van der Waals surface area (Å²) in [5, 5.41) is 13.9. The molecule has 0 aromatic heterocycles. The van der Waals surface area contributed by atoms with Crippen LogP contribution in [0.2, 0.25) is 0 Å². The topological polar surface area (TPSA) is 61.8 Å². The number of aryl methyl sites for hydroxylation is 1. The number of likely N-dealkylation sites (N-methyl/N-ethyl adjacent to an activating group) is 1. The first-order valence-electron chi connectivity index (χ1n) is 13.0. The van der Waals surface area contributed by atoms with Crippen molar-refractivity contribution in [3.63, 3.8) is 0 Å². The number of nitrogens with one attached hydrogen (secondary N) is 1. The first-order valence-corrected chi connectivity index (χ1v) is 13.0. The van der Waals surface area contributed by atoms with E-state index in [1.807, 2.05) is 43.3 Å². The van der Waals surface area contributed by atoms with Crippen LogP contribution in [0.3, 0.4) is 0 Å². The van der Waals surface area contributed by atoms with E-state index in [2.05, 4.69) is 17.1 Å². The molecule has 34 heavy (non-hydrogen) atoms. The van der Waals surface area contributed by atoms with Crippen LogP contribution in [0.15, 0.2) is 48.5 Å². The van der Waals surface area contributed by atoms with E-state index in [0.29, 0.717) is 17.9 Å². The first kappa shape index (κ1) is 23.4. The average Bonchev–Trinajstić information content (AvgIpc) is 2.82. The number of β-amino-alcohol motifs (C(OH)–C–C–N with tert-alkyl or cyclic N) is 1. The number of nitrogens with zero attached hydrogens (tertiary/aromatic N) is 1. The predicted molar refractivity (Wildman–Crippen MR) is 135 cm³/mol. The summed E-state index contributed by atoms with van der Waals surface area (Å²) in [6.07, 6.45) is 7.55. The largest absolute Gasteiger partial charge is 0.490 e. The lowest BCUT2D eigenvalue weighted by Crippen LogP contribution is -2.61. The maximum atomic E-state index is 12.9. The van der Waals surface area contributed by atoms with Gasteiger partial charge in [-0.05, 0) is 94.0 Å². The molecule has 2 N–H and O–H groups in total. The number of hydrogen-bond acceptors (Lipinski definition) is 4. The second-order valence-electron chi connectivity index (χ2n) is 11.0. The molecule has 4 saturated carbocycles. The molecule has 0 radical (unpaired) electrons. The maximum Gasteiger partial charge on any atom is 0.259 e. The van der Waals surface area contributed by atoms with Gasteiger partial charge in [-0.15, -0.1) is 0 Å². The third kappa shape index (κ3) is 4.87. The predicted octanol–water partition coefficient (Wildman–Crippen LogP) is 5.28. The van der Waals surface area contributed by atoms with Gasteiger partial charge in [0.2, 0.25) is 0 Å². The van der Waals surface area contributed by atoms with Crippen molar-refractivity contribution in [3.05, 3.63) is 59.7 Å². The Hall–Kier alpha value is -2.37. The van der Waals surface area contributed by atoms with Gasteiger partial charge in [0.05, 0.1) is 5.56 Å². The number of anilines is 1. The molecule has 4 fully saturated rings. The van der Waals surface area contributed by atoms with Crippen LogP contribution in [0.4, 0.5) is 5.69 Å². The lowest BCUT2D eigenvalue weighted by molar-refractivity contribution is -0.0995. The number of carbonyl (C=O) groups excluding carboxylic acids is 1. The van der Waals surface area contributed by atoms with E-state index in [4.69, 9.17) is 4.74 Å². The fraction of sp³-hybridized carbons (Fsp3) is 0.552. The lowest BCUT2D eigenvalue weighted by atomic mass is 9.52. The van der Waals surface area contributed by atoms with E-state index in [0.717, 1.165) is 35.5 Å². The highest BCUT2D eigenvalue weighted by Crippen LogP contribution is 2.57. The van der Waals surface area contributed by atoms with Gasteiger partial charge in [-0.1, -0.05) is 36.8 Å². The second kappa shape index (κ2) is 9.71. The van der Waals surface area contributed by atoms with Crippen molar-refractivity contribution >= 4 is 11.6 Å². The summed E-state index contributed by atoms with van der Waals surface area (Å²) in [4.78, 5) is 15.4. The Morgan fingerprint density at radius 1 is 1.06 bits per heavy atom. The molecule has 182 valence electrons. The number of benzene rings is 2. The minimum atomic E-state index is -0.596. The molecule has 4 aliphatic rings. The summed E-state index contributed by atoms with van der Waals surface area (Å²) >= 11 is 0. The number of rotatable bonds is 9. The van der Waals surface area contributed by atoms with Gasteiger partial charge in [0.25, 0.3) is 5.91 Å². The van der Waals surface area contributed by atoms with Crippen molar-refractivity contribution in [1.29, 1.82) is 0 Å². The Labute approximate surface area is 203 Å². The highest BCUT2D eigenvalue weighted by Gasteiger charge is 2.53. The second-order valence-corrected chi connectivity index (χ2v) is 11.0. The normalized spacial score (nSPS) is 28.2. The summed E-state index contributed by atoms with van der Waals surface area (Å²) in [7, 11) is 0. The monoisotopic (exact) mass is 462 g/mol. The molecule has 5 heteroatoms. The van der Waals surface area contributed by atoms with Crippen LogP contribution >= 0.6 is 0 Å². The van der Waals surface area contributed by atoms with Crippen molar-refractivity contribution in [3.8, 4) is 5.75 Å². The number of amides is 1. The van der Waals surface area contributed by atoms with Crippen molar-refractivity contribution < 1.29 is 14.6 Å². The van der Waals surface area contributed by atoms with E-state index in [1.54, 1.807) is 12.1 Å². The quantitative estimate of drug-likeness (QED) is 0.532. The molecule has 1 atom stereocenters. The third-order valence-corrected chi connectivity index (χ3v) is 8.36. The van der Waals surface area contributed by atoms with E-state index >= 15 is 0 Å². The Kier molecular flexibility index (Phi) is 6.67. The van der Waals surface area contributed by atoms with Crippen molar-refractivity contribution in [2.45, 2.75) is 64.0 Å². The van der Waals surface area contributed by atoms with E-state index in [-0.39, 0.29) is 18.1 Å². The molecule has 5 nitrogen and oxygen atoms in total. The summed E-state index contributed by atoms with van der Waals surface area (Å²) in [5.74, 6) is 2.94. The number of aliphatic hydroxyl groups excluding tert-OH is 1. The standard InChI is InChI=1S/C29H38N2O3/c1-3-31(29-15-21-12-22(16-29)14-23(13-21)17-29)18-25(32)19-34-27-7-5-4-6-26(27)28(33)30-24-10-8-20(2)9-11-24/h4-11,21-23,25,32H,3,12-19H2,1-2H3,(H,30,33). The summed E-state index contributed by atoms with van der Waals surface area (Å²) < 4.78 is 6.00. The minimum Gasteiger partial charge on any atom is -0.490 e. The Morgan fingerprint density at radius 2 is 1.68 bits per heavy atom. The van der Waals surface area contributed by atoms with E-state index in [1.165, 1.54) is 38.5 Å². The molecule has 1 unspecified atom stereocenters. The zero-order valence-corrected chi connectivity index (χ0v) is 20.5. The van der Waals surface area contributed by atoms with E-state index < -0.39 is 6.10 Å². The molecule has 0 spiro atoms. The van der Waals surface area contributed by atoms with Gasteiger partial charge in [0.15, 0.2) is 0 Å². The maximum absolute atomic E-state index is 12.9. The molecule has 2 aromatic rings. The first-order chi connectivity index (χ1) is 16.4. The van der Waals surface area contributed by atoms with Crippen molar-refractivity contribution in [2.75, 3.05) is 25.0 Å². The molecule has 6 rings (SSSR count). The Morgan fingerprint density at radius 3 is 2.29 bits per heavy atom. The molecular formula is C29H38N2O3. The number of aliphatic hydroxyl groups is 1. The molecule has 2 aromatic carbocycles. The van der Waals surface area contributed by atoms with Gasteiger partial charge < -0.3 is 15.2 Å². The summed E-state index contributed by atoms with van der Waals surface area (Å²) in [6.45, 7) is 6.00. The van der Waals surface area contributed by atoms with Gasteiger partial charge in [-0.3, -0.25) is 9.69 Å². The van der Waals surface area contributed by atoms with E-state index in [9.17, 15) is 9.90 Å². The molecular weight excluding hydrogens is 424 g/mol. The van der Waals surface area contributed by atoms with Crippen LogP contribution in [0.5, 0.6) is 5.75 Å². The molecule has 1 amide bonds. The highest BCUT2D eigenvalue weighted by molar-refractivity contribution is 6.06. The summed E-state index contributed by atoms with van der Waals surface area (Å²) in [5.41, 5.74) is 2.64. The van der Waals surface area contributed by atoms with Crippen LogP contribution in [0, 0.1) is 24.7 Å². The van der Waals surface area contributed by atoms with Gasteiger partial charge in [0, 0.05) is 17.8 Å². The molecule has 0 heterocycles. The lowest BCUT2D eigenvalue weighted by Gasteiger charge is -2.60. The highest BCUT2D eigenvalue weighted by atomic mass is 16.5. The fourth-order valence-corrected chi connectivity index (χ4v) is 7.22. The van der Waals surface area contributed by atoms with Gasteiger partial charge >= 0.3 is 0 Å². The molecule has 0 aliphatic heterocycles. The van der Waals surface area contributed by atoms with Crippen LogP contribution < -0.4 is 10.1 Å². The Balaban J connectivity index is 1.20. The zero-order valence-electron chi connectivity index (χ0n) is 20.5. The van der Waals surface area contributed by atoms with Gasteiger partial charge in [-0.25, -0.2) is 0 Å². The van der Waals surface area contributed by atoms with Gasteiger partial charge in [0.1, 0.15) is 18.5 Å². The third-order valence-electron chi connectivity index (χ3n) is 8.36. The molecule has 4 bridgehead atoms. The number of para-hydroxylation sites is 1. The van der Waals surface area contributed by atoms with Crippen LogP contribution in [0.25, 0.3) is 0 Å². The van der Waals surface area contributed by atoms with Gasteiger partial charge in [-0.2, -0.15) is 0 Å².